The van der Waals surface area contributed by atoms with E-state index in [1.807, 2.05) is 23.1 Å². The largest absolute Gasteiger partial charge is 0.493 e. The number of sulfone groups is 1. The molecule has 0 aromatic heterocycles. The van der Waals surface area contributed by atoms with Gasteiger partial charge >= 0.3 is 0 Å². The van der Waals surface area contributed by atoms with Crippen molar-refractivity contribution in [1.29, 1.82) is 5.41 Å². The molecule has 0 bridgehead atoms. The normalized spacial score (nSPS) is 26.1. The molecule has 120 valence electrons. The van der Waals surface area contributed by atoms with Gasteiger partial charge in [0.1, 0.15) is 0 Å². The number of rotatable bonds is 4. The SMILES string of the molecule is COc1ccc(CN2C(=N)SC3CS(=O)(=O)CC32)cc1OC. The number of nitrogens with zero attached hydrogens (tertiary/aromatic N) is 1. The van der Waals surface area contributed by atoms with Crippen LogP contribution in [0.1, 0.15) is 5.56 Å². The van der Waals surface area contributed by atoms with Gasteiger partial charge in [-0.25, -0.2) is 8.42 Å². The Labute approximate surface area is 134 Å². The minimum Gasteiger partial charge on any atom is -0.493 e. The van der Waals surface area contributed by atoms with Crippen LogP contribution in [0.25, 0.3) is 0 Å². The molecule has 0 aliphatic carbocycles. The molecule has 2 aliphatic rings. The predicted molar refractivity (Wildman–Crippen MR) is 86.6 cm³/mol. The molecule has 2 fully saturated rings. The molecule has 0 radical (unpaired) electrons. The summed E-state index contributed by atoms with van der Waals surface area (Å²) in [5.41, 5.74) is 0.966. The van der Waals surface area contributed by atoms with Crippen molar-refractivity contribution in [3.63, 3.8) is 0 Å². The van der Waals surface area contributed by atoms with E-state index < -0.39 is 9.84 Å². The van der Waals surface area contributed by atoms with E-state index in [0.717, 1.165) is 5.56 Å². The van der Waals surface area contributed by atoms with Crippen LogP contribution in [0, 0.1) is 5.41 Å². The summed E-state index contributed by atoms with van der Waals surface area (Å²) >= 11 is 1.36. The highest BCUT2D eigenvalue weighted by Gasteiger charge is 2.47. The summed E-state index contributed by atoms with van der Waals surface area (Å²) in [4.78, 5) is 1.88. The maximum atomic E-state index is 11.8. The zero-order valence-corrected chi connectivity index (χ0v) is 14.0. The maximum Gasteiger partial charge on any atom is 0.161 e. The number of hydrogen-bond acceptors (Lipinski definition) is 6. The molecule has 1 N–H and O–H groups in total. The van der Waals surface area contributed by atoms with Gasteiger partial charge in [-0.2, -0.15) is 0 Å². The second-order valence-electron chi connectivity index (χ2n) is 5.42. The number of fused-ring (bicyclic) bond motifs is 1. The van der Waals surface area contributed by atoms with Crippen molar-refractivity contribution in [2.45, 2.75) is 17.8 Å². The van der Waals surface area contributed by atoms with Gasteiger partial charge in [0, 0.05) is 11.8 Å². The number of nitrogens with one attached hydrogen (secondary N) is 1. The van der Waals surface area contributed by atoms with Crippen LogP contribution in [0.5, 0.6) is 11.5 Å². The van der Waals surface area contributed by atoms with Crippen LogP contribution in [0.4, 0.5) is 0 Å². The Morgan fingerprint density at radius 2 is 2.00 bits per heavy atom. The van der Waals surface area contributed by atoms with Crippen molar-refractivity contribution in [3.8, 4) is 11.5 Å². The molecule has 0 amide bonds. The summed E-state index contributed by atoms with van der Waals surface area (Å²) in [6.07, 6.45) is 0. The molecule has 22 heavy (non-hydrogen) atoms. The number of benzene rings is 1. The van der Waals surface area contributed by atoms with Crippen LogP contribution in [0.15, 0.2) is 18.2 Å². The molecule has 2 aliphatic heterocycles. The fourth-order valence-corrected chi connectivity index (χ4v) is 6.76. The lowest BCUT2D eigenvalue weighted by molar-refractivity contribution is 0.341. The second-order valence-corrected chi connectivity index (χ2v) is 8.80. The summed E-state index contributed by atoms with van der Waals surface area (Å²) in [6, 6.07) is 5.50. The Morgan fingerprint density at radius 3 is 2.68 bits per heavy atom. The molecule has 2 heterocycles. The Balaban J connectivity index is 1.82. The number of hydrogen-bond donors (Lipinski definition) is 1. The van der Waals surface area contributed by atoms with Gasteiger partial charge in [0.15, 0.2) is 26.5 Å². The molecule has 8 heteroatoms. The quantitative estimate of drug-likeness (QED) is 0.890. The second kappa shape index (κ2) is 5.66. The third-order valence-electron chi connectivity index (χ3n) is 4.00. The highest BCUT2D eigenvalue weighted by molar-refractivity contribution is 8.15. The number of amidine groups is 1. The molecular weight excluding hydrogens is 324 g/mol. The summed E-state index contributed by atoms with van der Waals surface area (Å²) in [5.74, 6) is 1.60. The van der Waals surface area contributed by atoms with E-state index >= 15 is 0 Å². The molecule has 1 aromatic carbocycles. The van der Waals surface area contributed by atoms with Crippen LogP contribution in [-0.2, 0) is 16.4 Å². The van der Waals surface area contributed by atoms with Gasteiger partial charge in [-0.15, -0.1) is 0 Å². The first-order valence-corrected chi connectivity index (χ1v) is 9.57. The average molecular weight is 342 g/mol. The minimum absolute atomic E-state index is 0.0161. The fraction of sp³-hybridized carbons (Fsp3) is 0.500. The molecule has 2 saturated heterocycles. The average Bonchev–Trinajstić information content (AvgIpc) is 2.91. The molecule has 3 rings (SSSR count). The fourth-order valence-electron chi connectivity index (χ4n) is 2.93. The Bertz CT molecular complexity index is 705. The van der Waals surface area contributed by atoms with Gasteiger partial charge in [-0.3, -0.25) is 5.41 Å². The van der Waals surface area contributed by atoms with Crippen LogP contribution < -0.4 is 9.47 Å². The molecule has 2 atom stereocenters. The number of thioether (sulfide) groups is 1. The minimum atomic E-state index is -2.98. The first-order chi connectivity index (χ1) is 10.4. The lowest BCUT2D eigenvalue weighted by Crippen LogP contribution is -2.36. The van der Waals surface area contributed by atoms with E-state index in [-0.39, 0.29) is 22.8 Å². The third-order valence-corrected chi connectivity index (χ3v) is 7.17. The van der Waals surface area contributed by atoms with E-state index in [4.69, 9.17) is 14.9 Å². The van der Waals surface area contributed by atoms with E-state index in [9.17, 15) is 8.42 Å². The topological polar surface area (TPSA) is 79.7 Å². The highest BCUT2D eigenvalue weighted by atomic mass is 32.2. The zero-order valence-electron chi connectivity index (χ0n) is 12.4. The van der Waals surface area contributed by atoms with Crippen molar-refractivity contribution >= 4 is 26.8 Å². The molecule has 2 unspecified atom stereocenters. The van der Waals surface area contributed by atoms with Gasteiger partial charge < -0.3 is 14.4 Å². The first-order valence-electron chi connectivity index (χ1n) is 6.86. The Hall–Kier alpha value is -1.41. The van der Waals surface area contributed by atoms with Gasteiger partial charge in [-0.1, -0.05) is 17.8 Å². The van der Waals surface area contributed by atoms with Crippen molar-refractivity contribution in [3.05, 3.63) is 23.8 Å². The molecule has 0 saturated carbocycles. The zero-order chi connectivity index (χ0) is 15.9. The van der Waals surface area contributed by atoms with Crippen molar-refractivity contribution < 1.29 is 17.9 Å². The van der Waals surface area contributed by atoms with Crippen LogP contribution >= 0.6 is 11.8 Å². The predicted octanol–water partition coefficient (Wildman–Crippen LogP) is 1.35. The summed E-state index contributed by atoms with van der Waals surface area (Å²) < 4.78 is 34.1. The van der Waals surface area contributed by atoms with Gasteiger partial charge in [-0.05, 0) is 17.7 Å². The molecule has 1 aromatic rings. The lowest BCUT2D eigenvalue weighted by Gasteiger charge is -2.24. The van der Waals surface area contributed by atoms with Gasteiger partial charge in [0.25, 0.3) is 0 Å². The van der Waals surface area contributed by atoms with E-state index in [1.54, 1.807) is 14.2 Å². The van der Waals surface area contributed by atoms with Crippen LogP contribution in [0.3, 0.4) is 0 Å². The number of ether oxygens (including phenoxy) is 2. The number of methoxy groups -OCH3 is 2. The third kappa shape index (κ3) is 2.77. The summed E-state index contributed by atoms with van der Waals surface area (Å²) in [6.45, 7) is 0.503. The van der Waals surface area contributed by atoms with Crippen LogP contribution in [0.2, 0.25) is 0 Å². The first kappa shape index (κ1) is 15.5. The molecule has 0 spiro atoms. The van der Waals surface area contributed by atoms with Gasteiger partial charge in [0.2, 0.25) is 0 Å². The standard InChI is InChI=1S/C14H18N2O4S2/c1-19-11-4-3-9(5-12(11)20-2)6-16-10-7-22(17,18)8-13(10)21-14(16)15/h3-5,10,13,15H,6-8H2,1-2H3. The smallest absolute Gasteiger partial charge is 0.161 e. The maximum absolute atomic E-state index is 11.8. The Kier molecular flexibility index (Phi) is 3.98. The van der Waals surface area contributed by atoms with Crippen molar-refractivity contribution in [2.75, 3.05) is 25.7 Å². The van der Waals surface area contributed by atoms with Crippen molar-refractivity contribution in [1.82, 2.24) is 4.90 Å². The lowest BCUT2D eigenvalue weighted by atomic mass is 10.1. The Morgan fingerprint density at radius 1 is 1.27 bits per heavy atom. The monoisotopic (exact) mass is 342 g/mol. The van der Waals surface area contributed by atoms with E-state index in [2.05, 4.69) is 0 Å². The van der Waals surface area contributed by atoms with E-state index in [1.165, 1.54) is 11.8 Å². The van der Waals surface area contributed by atoms with Crippen molar-refractivity contribution in [2.24, 2.45) is 0 Å². The highest BCUT2D eigenvalue weighted by Crippen LogP contribution is 2.38. The van der Waals surface area contributed by atoms with Gasteiger partial charge in [0.05, 0.1) is 31.8 Å². The van der Waals surface area contributed by atoms with E-state index in [0.29, 0.717) is 23.2 Å². The molecule has 6 nitrogen and oxygen atoms in total. The summed E-state index contributed by atoms with van der Waals surface area (Å²) in [7, 11) is 0.178. The molecular formula is C14H18N2O4S2. The summed E-state index contributed by atoms with van der Waals surface area (Å²) in [5, 5.41) is 8.53. The van der Waals surface area contributed by atoms with Crippen LogP contribution in [-0.4, -0.2) is 55.5 Å².